The van der Waals surface area contributed by atoms with Gasteiger partial charge in [0, 0.05) is 6.54 Å². The van der Waals surface area contributed by atoms with Crippen LogP contribution in [0.3, 0.4) is 0 Å². The summed E-state index contributed by atoms with van der Waals surface area (Å²) in [6.07, 6.45) is 10.3. The second kappa shape index (κ2) is 5.94. The summed E-state index contributed by atoms with van der Waals surface area (Å²) < 4.78 is 0. The molecule has 4 fully saturated rings. The van der Waals surface area contributed by atoms with Gasteiger partial charge in [-0.1, -0.05) is 12.1 Å². The summed E-state index contributed by atoms with van der Waals surface area (Å²) >= 11 is 0. The van der Waals surface area contributed by atoms with Crippen LogP contribution in [-0.4, -0.2) is 17.6 Å². The second-order valence-electron chi connectivity index (χ2n) is 8.35. The van der Waals surface area contributed by atoms with Crippen LogP contribution in [0.5, 0.6) is 0 Å². The maximum Gasteiger partial charge on any atom is 0.335 e. The number of carboxylic acid groups (broad SMARTS) is 1. The lowest BCUT2D eigenvalue weighted by molar-refractivity contribution is -0.0567. The van der Waals surface area contributed by atoms with Crippen LogP contribution in [0.2, 0.25) is 0 Å². The molecule has 0 radical (unpaired) electrons. The molecule has 3 nitrogen and oxygen atoms in total. The fraction of sp³-hybridized carbons (Fsp3) is 0.650. The second-order valence-corrected chi connectivity index (χ2v) is 8.35. The Labute approximate surface area is 138 Å². The number of aromatic carboxylic acids is 1. The molecular weight excluding hydrogens is 286 g/mol. The first-order valence-corrected chi connectivity index (χ1v) is 9.15. The molecule has 0 heterocycles. The van der Waals surface area contributed by atoms with Gasteiger partial charge in [-0.05, 0) is 92.4 Å². The fourth-order valence-corrected chi connectivity index (χ4v) is 5.95. The van der Waals surface area contributed by atoms with E-state index in [1.54, 1.807) is 12.1 Å². The van der Waals surface area contributed by atoms with E-state index in [1.807, 2.05) is 12.1 Å². The Morgan fingerprint density at radius 2 is 1.61 bits per heavy atom. The molecule has 0 aliphatic heterocycles. The molecule has 23 heavy (non-hydrogen) atoms. The first-order chi connectivity index (χ1) is 11.1. The first kappa shape index (κ1) is 15.2. The molecule has 0 spiro atoms. The molecule has 124 valence electrons. The third-order valence-electron chi connectivity index (χ3n) is 6.53. The van der Waals surface area contributed by atoms with Crippen molar-refractivity contribution in [3.05, 3.63) is 35.4 Å². The van der Waals surface area contributed by atoms with Gasteiger partial charge in [0.15, 0.2) is 0 Å². The Bertz CT molecular complexity index is 543. The summed E-state index contributed by atoms with van der Waals surface area (Å²) in [5.41, 5.74) is 2.18. The lowest BCUT2D eigenvalue weighted by Crippen LogP contribution is -2.47. The number of carboxylic acids is 1. The molecule has 4 aliphatic carbocycles. The molecule has 1 aromatic rings. The Morgan fingerprint density at radius 1 is 1.04 bits per heavy atom. The highest BCUT2D eigenvalue weighted by atomic mass is 16.4. The van der Waals surface area contributed by atoms with Crippen molar-refractivity contribution in [2.24, 2.45) is 23.2 Å². The molecule has 0 atom stereocenters. The van der Waals surface area contributed by atoms with Crippen LogP contribution in [0, 0.1) is 23.2 Å². The third kappa shape index (κ3) is 3.16. The van der Waals surface area contributed by atoms with Gasteiger partial charge < -0.3 is 10.4 Å². The number of nitrogens with one attached hydrogen (secondary N) is 1. The minimum atomic E-state index is -0.855. The minimum absolute atomic E-state index is 0.363. The Morgan fingerprint density at radius 3 is 2.13 bits per heavy atom. The first-order valence-electron chi connectivity index (χ1n) is 9.15. The molecule has 0 aromatic heterocycles. The van der Waals surface area contributed by atoms with Gasteiger partial charge in [0.1, 0.15) is 0 Å². The molecule has 1 aromatic carbocycles. The number of hydrogen-bond donors (Lipinski definition) is 2. The van der Waals surface area contributed by atoms with Gasteiger partial charge in [0.25, 0.3) is 0 Å². The predicted molar refractivity (Wildman–Crippen MR) is 90.3 cm³/mol. The van der Waals surface area contributed by atoms with Gasteiger partial charge >= 0.3 is 5.97 Å². The van der Waals surface area contributed by atoms with Gasteiger partial charge in [-0.2, -0.15) is 0 Å². The Kier molecular flexibility index (Phi) is 3.92. The van der Waals surface area contributed by atoms with Crippen molar-refractivity contribution in [1.29, 1.82) is 0 Å². The lowest BCUT2D eigenvalue weighted by atomic mass is 9.49. The predicted octanol–water partition coefficient (Wildman–Crippen LogP) is 4.08. The zero-order chi connectivity index (χ0) is 15.9. The highest BCUT2D eigenvalue weighted by molar-refractivity contribution is 5.87. The van der Waals surface area contributed by atoms with Crippen molar-refractivity contribution < 1.29 is 9.90 Å². The van der Waals surface area contributed by atoms with Crippen LogP contribution in [0.1, 0.15) is 60.9 Å². The Hall–Kier alpha value is -1.35. The van der Waals surface area contributed by atoms with E-state index in [0.29, 0.717) is 11.0 Å². The largest absolute Gasteiger partial charge is 0.478 e. The number of rotatable bonds is 6. The zero-order valence-corrected chi connectivity index (χ0v) is 13.8. The molecule has 3 heteroatoms. The summed E-state index contributed by atoms with van der Waals surface area (Å²) in [6.45, 7) is 1.93. The van der Waals surface area contributed by atoms with E-state index in [2.05, 4.69) is 5.32 Å². The third-order valence-corrected chi connectivity index (χ3v) is 6.53. The molecular formula is C20H27NO2. The summed E-state index contributed by atoms with van der Waals surface area (Å²) in [6, 6.07) is 7.22. The quantitative estimate of drug-likeness (QED) is 0.778. The molecule has 0 unspecified atom stereocenters. The zero-order valence-electron chi connectivity index (χ0n) is 13.8. The lowest BCUT2D eigenvalue weighted by Gasteiger charge is -2.57. The number of benzene rings is 1. The summed E-state index contributed by atoms with van der Waals surface area (Å²) in [5, 5.41) is 12.5. The minimum Gasteiger partial charge on any atom is -0.478 e. The van der Waals surface area contributed by atoms with Crippen LogP contribution in [0.4, 0.5) is 0 Å². The van der Waals surface area contributed by atoms with E-state index >= 15 is 0 Å². The summed E-state index contributed by atoms with van der Waals surface area (Å²) in [7, 11) is 0. The van der Waals surface area contributed by atoms with Gasteiger partial charge in [0.05, 0.1) is 5.56 Å². The average Bonchev–Trinajstić information content (AvgIpc) is 2.51. The Balaban J connectivity index is 1.27. The average molecular weight is 313 g/mol. The highest BCUT2D eigenvalue weighted by Gasteiger charge is 2.50. The molecule has 0 saturated heterocycles. The van der Waals surface area contributed by atoms with Crippen LogP contribution < -0.4 is 5.32 Å². The SMILES string of the molecule is O=C(O)c1ccc(CNCCC23CC4CC(CC(C4)C2)C3)cc1. The number of hydrogen-bond acceptors (Lipinski definition) is 2. The van der Waals surface area contributed by atoms with Gasteiger partial charge in [-0.3, -0.25) is 0 Å². The van der Waals surface area contributed by atoms with E-state index in [1.165, 1.54) is 50.5 Å². The normalized spacial score (nSPS) is 34.7. The van der Waals surface area contributed by atoms with E-state index in [9.17, 15) is 4.79 Å². The van der Waals surface area contributed by atoms with E-state index in [-0.39, 0.29) is 0 Å². The molecule has 2 N–H and O–H groups in total. The maximum absolute atomic E-state index is 10.9. The van der Waals surface area contributed by atoms with Crippen molar-refractivity contribution in [1.82, 2.24) is 5.32 Å². The summed E-state index contributed by atoms with van der Waals surface area (Å²) in [4.78, 5) is 10.9. The summed E-state index contributed by atoms with van der Waals surface area (Å²) in [5.74, 6) is 2.24. The molecule has 5 rings (SSSR count). The standard InChI is InChI=1S/C20H27NO2/c22-19(23)18-3-1-14(2-4-18)13-21-6-5-20-10-15-7-16(11-20)9-17(8-15)12-20/h1-4,15-17,21H,5-13H2,(H,22,23). The fourth-order valence-electron chi connectivity index (χ4n) is 5.95. The van der Waals surface area contributed by atoms with Crippen molar-refractivity contribution >= 4 is 5.97 Å². The van der Waals surface area contributed by atoms with Crippen LogP contribution in [0.15, 0.2) is 24.3 Å². The van der Waals surface area contributed by atoms with Gasteiger partial charge in [-0.25, -0.2) is 4.79 Å². The topological polar surface area (TPSA) is 49.3 Å². The van der Waals surface area contributed by atoms with Gasteiger partial charge in [-0.15, -0.1) is 0 Å². The number of carbonyl (C=O) groups is 1. The molecule has 4 bridgehead atoms. The monoisotopic (exact) mass is 313 g/mol. The van der Waals surface area contributed by atoms with Crippen molar-refractivity contribution in [3.8, 4) is 0 Å². The smallest absolute Gasteiger partial charge is 0.335 e. The van der Waals surface area contributed by atoms with Crippen molar-refractivity contribution in [3.63, 3.8) is 0 Å². The van der Waals surface area contributed by atoms with E-state index < -0.39 is 5.97 Å². The highest BCUT2D eigenvalue weighted by Crippen LogP contribution is 2.61. The van der Waals surface area contributed by atoms with E-state index in [0.717, 1.165) is 30.8 Å². The van der Waals surface area contributed by atoms with Crippen LogP contribution >= 0.6 is 0 Å². The maximum atomic E-state index is 10.9. The van der Waals surface area contributed by atoms with Crippen LogP contribution in [-0.2, 0) is 6.54 Å². The van der Waals surface area contributed by atoms with E-state index in [4.69, 9.17) is 5.11 Å². The molecule has 0 amide bonds. The van der Waals surface area contributed by atoms with Gasteiger partial charge in [0.2, 0.25) is 0 Å². The molecule has 4 saturated carbocycles. The van der Waals surface area contributed by atoms with Crippen LogP contribution in [0.25, 0.3) is 0 Å². The van der Waals surface area contributed by atoms with Crippen molar-refractivity contribution in [2.45, 2.75) is 51.5 Å². The molecule has 4 aliphatic rings. The van der Waals surface area contributed by atoms with Crippen molar-refractivity contribution in [2.75, 3.05) is 6.54 Å².